The van der Waals surface area contributed by atoms with Crippen LogP contribution in [0, 0.1) is 11.3 Å². The molecule has 0 radical (unpaired) electrons. The Morgan fingerprint density at radius 3 is 2.00 bits per heavy atom. The highest BCUT2D eigenvalue weighted by Gasteiger charge is 2.52. The molecule has 2 fully saturated rings. The van der Waals surface area contributed by atoms with E-state index in [1.807, 2.05) is 0 Å². The maximum absolute atomic E-state index is 9.33. The number of quaternary nitrogens is 1. The van der Waals surface area contributed by atoms with Crippen molar-refractivity contribution in [1.82, 2.24) is 0 Å². The number of benzene rings is 2. The average Bonchev–Trinajstić information content (AvgIpc) is 2.88. The summed E-state index contributed by atoms with van der Waals surface area (Å²) in [6.45, 7) is 0.636. The Kier molecular flexibility index (Phi) is 4.50. The quantitative estimate of drug-likeness (QED) is 0.584. The topological polar surface area (TPSA) is 33.0 Å². The fourth-order valence-corrected chi connectivity index (χ4v) is 6.03. The van der Waals surface area contributed by atoms with Crippen LogP contribution in [-0.4, -0.2) is 36.3 Å². The maximum atomic E-state index is 9.33. The minimum absolute atomic E-state index is 0.0344. The van der Waals surface area contributed by atoms with E-state index in [0.717, 1.165) is 30.2 Å². The van der Waals surface area contributed by atoms with E-state index in [1.165, 1.54) is 35.1 Å². The normalized spacial score (nSPS) is 31.5. The van der Waals surface area contributed by atoms with Gasteiger partial charge in [-0.2, -0.15) is 5.26 Å². The minimum atomic E-state index is 0.0344. The fraction of sp³-hybridized carbons (Fsp3) is 0.480. The van der Waals surface area contributed by atoms with Gasteiger partial charge in [0.05, 0.1) is 25.2 Å². The Bertz CT molecular complexity index is 853. The molecule has 1 aliphatic carbocycles. The number of piperidine rings is 1. The summed E-state index contributed by atoms with van der Waals surface area (Å²) >= 11 is 0. The molecule has 3 nitrogen and oxygen atoms in total. The number of rotatable bonds is 3. The number of fused-ring (bicyclic) bond motifs is 4. The van der Waals surface area contributed by atoms with Crippen LogP contribution >= 0.6 is 0 Å². The molecule has 2 aromatic carbocycles. The number of hydrogen-bond donors (Lipinski definition) is 0. The lowest BCUT2D eigenvalue weighted by Crippen LogP contribution is -2.59. The summed E-state index contributed by atoms with van der Waals surface area (Å²) in [7, 11) is 2.29. The third-order valence-corrected chi connectivity index (χ3v) is 7.65. The van der Waals surface area contributed by atoms with Crippen molar-refractivity contribution >= 4 is 0 Å². The molecular weight excluding hydrogens is 344 g/mol. The van der Waals surface area contributed by atoms with E-state index in [4.69, 9.17) is 4.74 Å². The molecule has 28 heavy (non-hydrogen) atoms. The molecule has 0 saturated carbocycles. The van der Waals surface area contributed by atoms with Crippen molar-refractivity contribution in [2.24, 2.45) is 0 Å². The van der Waals surface area contributed by atoms with E-state index in [2.05, 4.69) is 61.6 Å². The van der Waals surface area contributed by atoms with Crippen molar-refractivity contribution in [2.75, 3.05) is 13.6 Å². The van der Waals surface area contributed by atoms with Gasteiger partial charge in [0.15, 0.2) is 6.54 Å². The predicted octanol–water partition coefficient (Wildman–Crippen LogP) is 4.55. The molecule has 0 spiro atoms. The standard InChI is InChI=1S/C25H29N2O/c1-27(15-14-26)20-12-13-21(27)17-22(16-20)28-25-23-8-4-2-6-18(23)10-11-19-7-3-5-9-24(19)25/h2-9,20-22,25H,10-13,15-17H2,1H3/q+1/t20-,21+,22?,27?. The van der Waals surface area contributed by atoms with Gasteiger partial charge in [0, 0.05) is 25.7 Å². The zero-order valence-electron chi connectivity index (χ0n) is 16.7. The molecule has 3 heteroatoms. The molecule has 2 aromatic rings. The molecule has 2 unspecified atom stereocenters. The number of ether oxygens (including phenoxy) is 1. The van der Waals surface area contributed by atoms with E-state index in [0.29, 0.717) is 18.6 Å². The number of nitriles is 1. The van der Waals surface area contributed by atoms with Gasteiger partial charge in [0.25, 0.3) is 0 Å². The second-order valence-electron chi connectivity index (χ2n) is 9.06. The van der Waals surface area contributed by atoms with Crippen LogP contribution in [-0.2, 0) is 17.6 Å². The summed E-state index contributed by atoms with van der Waals surface area (Å²) in [6.07, 6.45) is 7.12. The van der Waals surface area contributed by atoms with Crippen LogP contribution < -0.4 is 0 Å². The molecule has 5 rings (SSSR count). The smallest absolute Gasteiger partial charge is 0.166 e. The summed E-state index contributed by atoms with van der Waals surface area (Å²) in [4.78, 5) is 0. The van der Waals surface area contributed by atoms with Crippen molar-refractivity contribution in [1.29, 1.82) is 5.26 Å². The molecule has 3 aliphatic rings. The van der Waals surface area contributed by atoms with E-state index in [-0.39, 0.29) is 12.2 Å². The van der Waals surface area contributed by atoms with E-state index < -0.39 is 0 Å². The van der Waals surface area contributed by atoms with Crippen molar-refractivity contribution < 1.29 is 9.22 Å². The number of nitrogens with zero attached hydrogens (tertiary/aromatic N) is 2. The van der Waals surface area contributed by atoms with Crippen molar-refractivity contribution in [3.8, 4) is 6.07 Å². The first kappa shape index (κ1) is 17.9. The second-order valence-corrected chi connectivity index (χ2v) is 9.06. The van der Waals surface area contributed by atoms with Crippen LogP contribution in [0.5, 0.6) is 0 Å². The van der Waals surface area contributed by atoms with Crippen LogP contribution in [0.1, 0.15) is 54.0 Å². The Labute approximate surface area is 168 Å². The molecule has 4 atom stereocenters. The molecule has 0 aromatic heterocycles. The van der Waals surface area contributed by atoms with Gasteiger partial charge in [-0.05, 0) is 35.1 Å². The Balaban J connectivity index is 1.46. The summed E-state index contributed by atoms with van der Waals surface area (Å²) in [5, 5.41) is 9.33. The van der Waals surface area contributed by atoms with Crippen LogP contribution in [0.4, 0.5) is 0 Å². The first-order valence-electron chi connectivity index (χ1n) is 10.7. The molecule has 0 N–H and O–H groups in total. The van der Waals surface area contributed by atoms with Gasteiger partial charge in [-0.1, -0.05) is 48.5 Å². The van der Waals surface area contributed by atoms with Gasteiger partial charge in [0.1, 0.15) is 12.2 Å². The molecule has 2 aliphatic heterocycles. The third-order valence-electron chi connectivity index (χ3n) is 7.65. The largest absolute Gasteiger partial charge is 0.365 e. The lowest BCUT2D eigenvalue weighted by Gasteiger charge is -2.46. The fourth-order valence-electron chi connectivity index (χ4n) is 6.03. The minimum Gasteiger partial charge on any atom is -0.365 e. The van der Waals surface area contributed by atoms with Gasteiger partial charge in [-0.3, -0.25) is 0 Å². The zero-order valence-corrected chi connectivity index (χ0v) is 16.7. The van der Waals surface area contributed by atoms with E-state index >= 15 is 0 Å². The van der Waals surface area contributed by atoms with Crippen LogP contribution in [0.2, 0.25) is 0 Å². The van der Waals surface area contributed by atoms with Gasteiger partial charge in [-0.25, -0.2) is 0 Å². The molecule has 2 saturated heterocycles. The first-order valence-corrected chi connectivity index (χ1v) is 10.7. The van der Waals surface area contributed by atoms with Crippen molar-refractivity contribution in [2.45, 2.75) is 62.8 Å². The van der Waals surface area contributed by atoms with Crippen LogP contribution in [0.25, 0.3) is 0 Å². The number of aryl methyl sites for hydroxylation is 2. The Morgan fingerprint density at radius 1 is 0.929 bits per heavy atom. The highest BCUT2D eigenvalue weighted by molar-refractivity contribution is 5.43. The first-order chi connectivity index (χ1) is 13.7. The van der Waals surface area contributed by atoms with Crippen molar-refractivity contribution in [3.63, 3.8) is 0 Å². The number of hydrogen-bond acceptors (Lipinski definition) is 2. The van der Waals surface area contributed by atoms with Gasteiger partial charge in [0.2, 0.25) is 0 Å². The molecular formula is C25H29N2O+. The summed E-state index contributed by atoms with van der Waals surface area (Å²) < 4.78 is 7.86. The zero-order chi connectivity index (χ0) is 19.1. The Hall–Kier alpha value is -2.15. The van der Waals surface area contributed by atoms with Crippen LogP contribution in [0.15, 0.2) is 48.5 Å². The maximum Gasteiger partial charge on any atom is 0.166 e. The highest BCUT2D eigenvalue weighted by atomic mass is 16.5. The Morgan fingerprint density at radius 2 is 1.46 bits per heavy atom. The van der Waals surface area contributed by atoms with E-state index in [9.17, 15) is 5.26 Å². The van der Waals surface area contributed by atoms with Gasteiger partial charge in [-0.15, -0.1) is 0 Å². The highest BCUT2D eigenvalue weighted by Crippen LogP contribution is 2.44. The van der Waals surface area contributed by atoms with Crippen LogP contribution in [0.3, 0.4) is 0 Å². The monoisotopic (exact) mass is 373 g/mol. The van der Waals surface area contributed by atoms with Crippen molar-refractivity contribution in [3.05, 3.63) is 70.8 Å². The lowest BCUT2D eigenvalue weighted by molar-refractivity contribution is -0.943. The molecule has 2 bridgehead atoms. The predicted molar refractivity (Wildman–Crippen MR) is 110 cm³/mol. The summed E-state index contributed by atoms with van der Waals surface area (Å²) in [6, 6.07) is 21.2. The van der Waals surface area contributed by atoms with E-state index in [1.54, 1.807) is 0 Å². The van der Waals surface area contributed by atoms with Gasteiger partial charge < -0.3 is 9.22 Å². The third kappa shape index (κ3) is 2.87. The molecule has 144 valence electrons. The summed E-state index contributed by atoms with van der Waals surface area (Å²) in [5.74, 6) is 0. The molecule has 0 amide bonds. The SMILES string of the molecule is C[N+]1(CC#N)[C@@H]2CC[C@H]1CC(OC1c3ccccc3CCc3ccccc31)C2. The average molecular weight is 374 g/mol. The second kappa shape index (κ2) is 7.03. The molecule has 2 heterocycles. The summed E-state index contributed by atoms with van der Waals surface area (Å²) in [5.41, 5.74) is 5.54. The van der Waals surface area contributed by atoms with Gasteiger partial charge >= 0.3 is 0 Å². The lowest BCUT2D eigenvalue weighted by atomic mass is 9.94.